The number of ether oxygens (including phenoxy) is 1. The highest BCUT2D eigenvalue weighted by atomic mass is 16.5. The van der Waals surface area contributed by atoms with E-state index in [0.29, 0.717) is 12.5 Å². The van der Waals surface area contributed by atoms with Crippen LogP contribution in [-0.2, 0) is 13.2 Å². The van der Waals surface area contributed by atoms with Crippen LogP contribution in [0.3, 0.4) is 0 Å². The van der Waals surface area contributed by atoms with Gasteiger partial charge in [0.2, 0.25) is 5.89 Å². The van der Waals surface area contributed by atoms with E-state index in [9.17, 15) is 0 Å². The maximum Gasteiger partial charge on any atom is 0.232 e. The van der Waals surface area contributed by atoms with Crippen molar-refractivity contribution in [3.05, 3.63) is 29.7 Å². The Morgan fingerprint density at radius 3 is 2.81 bits per heavy atom. The summed E-state index contributed by atoms with van der Waals surface area (Å²) in [5, 5.41) is 4.11. The first-order chi connectivity index (χ1) is 7.69. The molecular weight excluding hydrogens is 206 g/mol. The molecule has 5 heteroatoms. The first-order valence-corrected chi connectivity index (χ1v) is 5.27. The maximum atomic E-state index is 5.50. The van der Waals surface area contributed by atoms with Gasteiger partial charge in [-0.3, -0.25) is 4.68 Å². The van der Waals surface area contributed by atoms with Gasteiger partial charge in [-0.25, -0.2) is 4.98 Å². The molecule has 86 valence electrons. The van der Waals surface area contributed by atoms with Gasteiger partial charge in [0.25, 0.3) is 0 Å². The highest BCUT2D eigenvalue weighted by Gasteiger charge is 2.06. The van der Waals surface area contributed by atoms with Gasteiger partial charge in [0.05, 0.1) is 18.1 Å². The summed E-state index contributed by atoms with van der Waals surface area (Å²) in [6.07, 6.45) is 3.54. The fourth-order valence-electron chi connectivity index (χ4n) is 1.34. The molecule has 0 atom stereocenters. The largest absolute Gasteiger partial charge is 0.481 e. The average molecular weight is 221 g/mol. The standard InChI is InChI=1S/C11H15N3O2/c1-4-14-6-10(5-12-14)15-7-11-13-8(2)9(3)16-11/h5-6H,4,7H2,1-3H3. The normalized spacial score (nSPS) is 10.7. The topological polar surface area (TPSA) is 53.1 Å². The molecule has 0 radical (unpaired) electrons. The molecule has 0 amide bonds. The van der Waals surface area contributed by atoms with Crippen molar-refractivity contribution in [1.82, 2.24) is 14.8 Å². The predicted molar refractivity (Wildman–Crippen MR) is 58.2 cm³/mol. The van der Waals surface area contributed by atoms with Crippen LogP contribution in [0.25, 0.3) is 0 Å². The summed E-state index contributed by atoms with van der Waals surface area (Å²) < 4.78 is 12.7. The Kier molecular flexibility index (Phi) is 2.94. The van der Waals surface area contributed by atoms with Crippen LogP contribution in [0.5, 0.6) is 5.75 Å². The van der Waals surface area contributed by atoms with E-state index in [4.69, 9.17) is 9.15 Å². The minimum absolute atomic E-state index is 0.337. The Morgan fingerprint density at radius 2 is 2.25 bits per heavy atom. The molecule has 0 fully saturated rings. The van der Waals surface area contributed by atoms with Crippen LogP contribution >= 0.6 is 0 Å². The van der Waals surface area contributed by atoms with Crippen LogP contribution in [-0.4, -0.2) is 14.8 Å². The highest BCUT2D eigenvalue weighted by molar-refractivity contribution is 5.12. The molecule has 0 aliphatic heterocycles. The number of nitrogens with zero attached hydrogens (tertiary/aromatic N) is 3. The SMILES string of the molecule is CCn1cc(OCc2nc(C)c(C)o2)cn1. The smallest absolute Gasteiger partial charge is 0.232 e. The van der Waals surface area contributed by atoms with Gasteiger partial charge >= 0.3 is 0 Å². The van der Waals surface area contributed by atoms with E-state index in [1.165, 1.54) is 0 Å². The molecule has 0 aliphatic carbocycles. The third-order valence-electron chi connectivity index (χ3n) is 2.37. The van der Waals surface area contributed by atoms with Gasteiger partial charge in [-0.2, -0.15) is 5.10 Å². The fourth-order valence-corrected chi connectivity index (χ4v) is 1.34. The second-order valence-corrected chi connectivity index (χ2v) is 3.57. The Balaban J connectivity index is 1.96. The minimum Gasteiger partial charge on any atom is -0.481 e. The second kappa shape index (κ2) is 4.38. The minimum atomic E-state index is 0.337. The average Bonchev–Trinajstić information content (AvgIpc) is 2.84. The second-order valence-electron chi connectivity index (χ2n) is 3.57. The van der Waals surface area contributed by atoms with Crippen LogP contribution in [0.4, 0.5) is 0 Å². The van der Waals surface area contributed by atoms with Crippen molar-refractivity contribution in [2.24, 2.45) is 0 Å². The van der Waals surface area contributed by atoms with E-state index < -0.39 is 0 Å². The Labute approximate surface area is 94.0 Å². The monoisotopic (exact) mass is 221 g/mol. The van der Waals surface area contributed by atoms with Crippen molar-refractivity contribution in [2.45, 2.75) is 33.9 Å². The lowest BCUT2D eigenvalue weighted by molar-refractivity contribution is 0.260. The maximum absolute atomic E-state index is 5.50. The lowest BCUT2D eigenvalue weighted by Crippen LogP contribution is -1.95. The van der Waals surface area contributed by atoms with Gasteiger partial charge in [0.15, 0.2) is 12.4 Å². The van der Waals surface area contributed by atoms with Gasteiger partial charge in [-0.1, -0.05) is 0 Å². The molecule has 2 aromatic rings. The predicted octanol–water partition coefficient (Wildman–Crippen LogP) is 2.09. The van der Waals surface area contributed by atoms with E-state index >= 15 is 0 Å². The molecular formula is C11H15N3O2. The summed E-state index contributed by atoms with van der Waals surface area (Å²) in [6, 6.07) is 0. The molecule has 16 heavy (non-hydrogen) atoms. The summed E-state index contributed by atoms with van der Waals surface area (Å²) in [5.74, 6) is 2.16. The van der Waals surface area contributed by atoms with Crippen LogP contribution < -0.4 is 4.74 Å². The van der Waals surface area contributed by atoms with Crippen molar-refractivity contribution in [3.63, 3.8) is 0 Å². The van der Waals surface area contributed by atoms with Crippen LogP contribution in [0.15, 0.2) is 16.8 Å². The summed E-state index contributed by atoms with van der Waals surface area (Å²) in [7, 11) is 0. The molecule has 0 aliphatic rings. The first kappa shape index (κ1) is 10.7. The van der Waals surface area contributed by atoms with Crippen LogP contribution in [0.1, 0.15) is 24.3 Å². The molecule has 0 unspecified atom stereocenters. The molecule has 0 bridgehead atoms. The number of oxazole rings is 1. The van der Waals surface area contributed by atoms with Gasteiger partial charge < -0.3 is 9.15 Å². The number of aryl methyl sites for hydroxylation is 3. The molecule has 0 spiro atoms. The Hall–Kier alpha value is -1.78. The zero-order chi connectivity index (χ0) is 11.5. The number of rotatable bonds is 4. The highest BCUT2D eigenvalue weighted by Crippen LogP contribution is 2.13. The van der Waals surface area contributed by atoms with Gasteiger partial charge in [0, 0.05) is 6.54 Å². The van der Waals surface area contributed by atoms with Crippen LogP contribution in [0.2, 0.25) is 0 Å². The summed E-state index contributed by atoms with van der Waals surface area (Å²) >= 11 is 0. The molecule has 2 rings (SSSR count). The number of hydrogen-bond acceptors (Lipinski definition) is 4. The first-order valence-electron chi connectivity index (χ1n) is 5.27. The van der Waals surface area contributed by atoms with E-state index in [1.807, 2.05) is 27.0 Å². The van der Waals surface area contributed by atoms with Crippen molar-refractivity contribution < 1.29 is 9.15 Å². The van der Waals surface area contributed by atoms with Gasteiger partial charge in [-0.05, 0) is 20.8 Å². The van der Waals surface area contributed by atoms with Crippen molar-refractivity contribution in [2.75, 3.05) is 0 Å². The van der Waals surface area contributed by atoms with E-state index in [1.54, 1.807) is 10.9 Å². The van der Waals surface area contributed by atoms with E-state index in [-0.39, 0.29) is 0 Å². The number of hydrogen-bond donors (Lipinski definition) is 0. The van der Waals surface area contributed by atoms with E-state index in [2.05, 4.69) is 10.1 Å². The van der Waals surface area contributed by atoms with Crippen molar-refractivity contribution >= 4 is 0 Å². The lowest BCUT2D eigenvalue weighted by atomic mass is 10.4. The molecule has 2 aromatic heterocycles. The molecule has 0 saturated carbocycles. The Bertz CT molecular complexity index is 454. The van der Waals surface area contributed by atoms with E-state index in [0.717, 1.165) is 23.7 Å². The quantitative estimate of drug-likeness (QED) is 0.793. The number of aromatic nitrogens is 3. The Morgan fingerprint density at radius 1 is 1.44 bits per heavy atom. The van der Waals surface area contributed by atoms with Crippen molar-refractivity contribution in [1.29, 1.82) is 0 Å². The summed E-state index contributed by atoms with van der Waals surface area (Å²) in [5.41, 5.74) is 0.905. The molecule has 0 N–H and O–H groups in total. The molecule has 5 nitrogen and oxygen atoms in total. The summed E-state index contributed by atoms with van der Waals surface area (Å²) in [4.78, 5) is 4.23. The van der Waals surface area contributed by atoms with Crippen molar-refractivity contribution in [3.8, 4) is 5.75 Å². The third kappa shape index (κ3) is 2.24. The molecule has 0 aromatic carbocycles. The summed E-state index contributed by atoms with van der Waals surface area (Å²) in [6.45, 7) is 7.00. The third-order valence-corrected chi connectivity index (χ3v) is 2.37. The van der Waals surface area contributed by atoms with Gasteiger partial charge in [0.1, 0.15) is 5.76 Å². The lowest BCUT2D eigenvalue weighted by Gasteiger charge is -1.98. The molecule has 2 heterocycles. The zero-order valence-electron chi connectivity index (χ0n) is 9.73. The zero-order valence-corrected chi connectivity index (χ0v) is 9.73. The fraction of sp³-hybridized carbons (Fsp3) is 0.455. The molecule has 0 saturated heterocycles. The van der Waals surface area contributed by atoms with Gasteiger partial charge in [-0.15, -0.1) is 0 Å². The van der Waals surface area contributed by atoms with Crippen LogP contribution in [0, 0.1) is 13.8 Å².